The van der Waals surface area contributed by atoms with Crippen LogP contribution in [0.1, 0.15) is 11.5 Å². The van der Waals surface area contributed by atoms with Gasteiger partial charge in [0.25, 0.3) is 0 Å². The Hall–Kier alpha value is -2.01. The molecule has 0 saturated heterocycles. The van der Waals surface area contributed by atoms with Gasteiger partial charge < -0.3 is 5.32 Å². The number of carbonyl (C=O) groups is 1. The highest BCUT2D eigenvalue weighted by atomic mass is 32.1. The lowest BCUT2D eigenvalue weighted by Crippen LogP contribution is -2.12. The van der Waals surface area contributed by atoms with E-state index in [1.54, 1.807) is 12.4 Å². The zero-order valence-electron chi connectivity index (χ0n) is 8.83. The summed E-state index contributed by atoms with van der Waals surface area (Å²) in [6.45, 7) is 0. The van der Waals surface area contributed by atoms with Crippen LogP contribution in [0, 0.1) is 0 Å². The van der Waals surface area contributed by atoms with Crippen LogP contribution in [0.2, 0.25) is 0 Å². The summed E-state index contributed by atoms with van der Waals surface area (Å²) in [5.74, 6) is -0.346. The smallest absolute Gasteiger partial charge is 0.237 e. The first-order valence-corrected chi connectivity index (χ1v) is 6.06. The fourth-order valence-electron chi connectivity index (χ4n) is 1.80. The van der Waals surface area contributed by atoms with E-state index in [0.717, 1.165) is 11.3 Å². The first-order valence-electron chi connectivity index (χ1n) is 5.18. The second-order valence-electron chi connectivity index (χ2n) is 3.65. The number of hydrogen-bond donors (Lipinski definition) is 1. The van der Waals surface area contributed by atoms with Gasteiger partial charge in [-0.2, -0.15) is 0 Å². The number of anilines is 1. The van der Waals surface area contributed by atoms with Crippen molar-refractivity contribution in [1.29, 1.82) is 0 Å². The Morgan fingerprint density at radius 1 is 1.41 bits per heavy atom. The second kappa shape index (κ2) is 4.10. The van der Waals surface area contributed by atoms with Crippen molar-refractivity contribution in [3.63, 3.8) is 0 Å². The topological polar surface area (TPSA) is 54.4 Å². The number of thiazole rings is 1. The summed E-state index contributed by atoms with van der Waals surface area (Å²) in [4.78, 5) is 20.0. The third-order valence-corrected chi connectivity index (χ3v) is 3.27. The summed E-state index contributed by atoms with van der Waals surface area (Å²) in [7, 11) is 0. The predicted octanol–water partition coefficient (Wildman–Crippen LogP) is 2.58. The number of carbonyl (C=O) groups excluding carboxylic acids is 1. The van der Waals surface area contributed by atoms with Crippen molar-refractivity contribution in [2.75, 3.05) is 5.32 Å². The Morgan fingerprint density at radius 2 is 2.29 bits per heavy atom. The molecule has 2 heterocycles. The molecule has 0 saturated carbocycles. The lowest BCUT2D eigenvalue weighted by atomic mass is 10.0. The number of aromatic nitrogens is 1. The van der Waals surface area contributed by atoms with Crippen LogP contribution in [0.4, 0.5) is 10.8 Å². The molecule has 0 radical (unpaired) electrons. The Balaban J connectivity index is 1.91. The summed E-state index contributed by atoms with van der Waals surface area (Å²) < 4.78 is 0. The van der Waals surface area contributed by atoms with Crippen LogP contribution >= 0.6 is 11.3 Å². The molecular formula is C12H9N3OS. The molecule has 17 heavy (non-hydrogen) atoms. The van der Waals surface area contributed by atoms with Gasteiger partial charge in [-0.1, -0.05) is 18.2 Å². The van der Waals surface area contributed by atoms with Gasteiger partial charge in [0.05, 0.1) is 0 Å². The Bertz CT molecular complexity index is 577. The molecule has 1 aliphatic heterocycles. The molecular weight excluding hydrogens is 234 g/mol. The molecule has 0 bridgehead atoms. The van der Waals surface area contributed by atoms with Crippen LogP contribution in [0.3, 0.4) is 0 Å². The largest absolute Gasteiger partial charge is 0.325 e. The number of para-hydroxylation sites is 1. The quantitative estimate of drug-likeness (QED) is 0.824. The maximum atomic E-state index is 11.8. The maximum absolute atomic E-state index is 11.8. The van der Waals surface area contributed by atoms with E-state index in [2.05, 4.69) is 15.3 Å². The fourth-order valence-corrected chi connectivity index (χ4v) is 2.29. The van der Waals surface area contributed by atoms with Crippen LogP contribution in [0.15, 0.2) is 40.8 Å². The molecule has 84 valence electrons. The molecule has 5 heteroatoms. The average Bonchev–Trinajstić information content (AvgIpc) is 2.93. The minimum atomic E-state index is -0.310. The van der Waals surface area contributed by atoms with Gasteiger partial charge in [-0.25, -0.2) is 9.98 Å². The number of rotatable bonds is 2. The summed E-state index contributed by atoms with van der Waals surface area (Å²) in [6, 6.07) is 7.65. The van der Waals surface area contributed by atoms with Crippen LogP contribution < -0.4 is 5.32 Å². The molecule has 1 atom stereocenters. The third-order valence-electron chi connectivity index (χ3n) is 2.59. The first kappa shape index (κ1) is 10.2. The predicted molar refractivity (Wildman–Crippen MR) is 68.1 cm³/mol. The van der Waals surface area contributed by atoms with Gasteiger partial charge in [0.2, 0.25) is 11.0 Å². The zero-order chi connectivity index (χ0) is 11.7. The number of hydrogen-bond acceptors (Lipinski definition) is 4. The van der Waals surface area contributed by atoms with E-state index >= 15 is 0 Å². The van der Waals surface area contributed by atoms with Gasteiger partial charge in [0.1, 0.15) is 5.92 Å². The van der Waals surface area contributed by atoms with E-state index in [0.29, 0.717) is 5.13 Å². The fraction of sp³-hybridized carbons (Fsp3) is 0.0833. The van der Waals surface area contributed by atoms with E-state index in [1.165, 1.54) is 11.3 Å². The van der Waals surface area contributed by atoms with Crippen molar-refractivity contribution in [2.45, 2.75) is 5.92 Å². The van der Waals surface area contributed by atoms with Gasteiger partial charge >= 0.3 is 0 Å². The number of aliphatic imine (C=N–C) groups is 1. The summed E-state index contributed by atoms with van der Waals surface area (Å²) in [6.07, 6.45) is 3.35. The number of benzene rings is 1. The number of amides is 1. The van der Waals surface area contributed by atoms with Crippen molar-refractivity contribution in [2.24, 2.45) is 4.99 Å². The number of nitrogens with zero attached hydrogens (tertiary/aromatic N) is 2. The lowest BCUT2D eigenvalue weighted by molar-refractivity contribution is -0.115. The van der Waals surface area contributed by atoms with Gasteiger partial charge in [0.15, 0.2) is 0 Å². The minimum Gasteiger partial charge on any atom is -0.325 e. The summed E-state index contributed by atoms with van der Waals surface area (Å²) in [5.41, 5.74) is 1.84. The van der Waals surface area contributed by atoms with Gasteiger partial charge in [-0.05, 0) is 11.6 Å². The molecule has 1 aromatic carbocycles. The SMILES string of the molecule is O=C1Nc2ccccc2C1/C=N/c1nccs1. The molecule has 0 fully saturated rings. The molecule has 4 nitrogen and oxygen atoms in total. The molecule has 3 rings (SSSR count). The van der Waals surface area contributed by atoms with E-state index in [-0.39, 0.29) is 11.8 Å². The molecule has 1 N–H and O–H groups in total. The van der Waals surface area contributed by atoms with Crippen LogP contribution in [-0.4, -0.2) is 17.1 Å². The summed E-state index contributed by atoms with van der Waals surface area (Å²) >= 11 is 1.45. The van der Waals surface area contributed by atoms with Crippen molar-refractivity contribution in [3.8, 4) is 0 Å². The van der Waals surface area contributed by atoms with Crippen LogP contribution in [0.25, 0.3) is 0 Å². The molecule has 1 unspecified atom stereocenters. The van der Waals surface area contributed by atoms with Gasteiger partial charge in [-0.15, -0.1) is 11.3 Å². The highest BCUT2D eigenvalue weighted by Gasteiger charge is 2.28. The molecule has 1 aromatic heterocycles. The molecule has 1 aliphatic rings. The highest BCUT2D eigenvalue weighted by molar-refractivity contribution is 7.13. The zero-order valence-corrected chi connectivity index (χ0v) is 9.65. The standard InChI is InChI=1S/C12H9N3OS/c16-11-9(7-14-12-13-5-6-17-12)8-3-1-2-4-10(8)15-11/h1-7,9H,(H,15,16)/b14-7+. The minimum absolute atomic E-state index is 0.0356. The lowest BCUT2D eigenvalue weighted by Gasteiger charge is -1.99. The Labute approximate surface area is 102 Å². The highest BCUT2D eigenvalue weighted by Crippen LogP contribution is 2.31. The van der Waals surface area contributed by atoms with Crippen LogP contribution in [0.5, 0.6) is 0 Å². The normalized spacial score (nSPS) is 18.4. The first-order chi connectivity index (χ1) is 8.34. The van der Waals surface area contributed by atoms with Gasteiger partial charge in [0, 0.05) is 23.5 Å². The molecule has 1 amide bonds. The molecule has 2 aromatic rings. The average molecular weight is 243 g/mol. The monoisotopic (exact) mass is 243 g/mol. The van der Waals surface area contributed by atoms with Crippen LogP contribution in [-0.2, 0) is 4.79 Å². The van der Waals surface area contributed by atoms with E-state index in [1.807, 2.05) is 29.6 Å². The maximum Gasteiger partial charge on any atom is 0.237 e. The Morgan fingerprint density at radius 3 is 3.12 bits per heavy atom. The van der Waals surface area contributed by atoms with Crippen molar-refractivity contribution in [3.05, 3.63) is 41.4 Å². The number of nitrogens with one attached hydrogen (secondary N) is 1. The van der Waals surface area contributed by atoms with E-state index in [4.69, 9.17) is 0 Å². The van der Waals surface area contributed by atoms with Crippen molar-refractivity contribution < 1.29 is 4.79 Å². The third kappa shape index (κ3) is 1.85. The second-order valence-corrected chi connectivity index (χ2v) is 4.52. The summed E-state index contributed by atoms with van der Waals surface area (Å²) in [5, 5.41) is 5.36. The van der Waals surface area contributed by atoms with E-state index in [9.17, 15) is 4.79 Å². The van der Waals surface area contributed by atoms with Gasteiger partial charge in [-0.3, -0.25) is 4.79 Å². The van der Waals surface area contributed by atoms with E-state index < -0.39 is 0 Å². The van der Waals surface area contributed by atoms with Crippen molar-refractivity contribution >= 4 is 34.3 Å². The van der Waals surface area contributed by atoms with Crippen molar-refractivity contribution in [1.82, 2.24) is 4.98 Å². The Kier molecular flexibility index (Phi) is 2.45. The number of fused-ring (bicyclic) bond motifs is 1. The molecule has 0 aliphatic carbocycles. The molecule has 0 spiro atoms.